The number of aryl methyl sites for hydroxylation is 2. The number of carboxylic acid groups (broad SMARTS) is 1. The van der Waals surface area contributed by atoms with Crippen LogP contribution in [0.15, 0.2) is 18.2 Å². The minimum Gasteiger partial charge on any atom is -0.481 e. The lowest BCUT2D eigenvalue weighted by Crippen LogP contribution is -2.05. The predicted molar refractivity (Wildman–Crippen MR) is 60.4 cm³/mol. The van der Waals surface area contributed by atoms with E-state index >= 15 is 0 Å². The van der Waals surface area contributed by atoms with Crippen LogP contribution in [0, 0.1) is 13.8 Å². The van der Waals surface area contributed by atoms with Crippen molar-refractivity contribution in [2.24, 2.45) is 0 Å². The summed E-state index contributed by atoms with van der Waals surface area (Å²) in [6.45, 7) is 3.73. The largest absolute Gasteiger partial charge is 0.481 e. The van der Waals surface area contributed by atoms with Crippen molar-refractivity contribution in [1.82, 2.24) is 9.97 Å². The van der Waals surface area contributed by atoms with E-state index in [9.17, 15) is 4.79 Å². The number of nitrogens with zero attached hydrogens (tertiary/aromatic N) is 2. The molecule has 0 amide bonds. The summed E-state index contributed by atoms with van der Waals surface area (Å²) in [5, 5.41) is 9.65. The first kappa shape index (κ1) is 10.5. The van der Waals surface area contributed by atoms with Gasteiger partial charge in [-0.1, -0.05) is 11.6 Å². The van der Waals surface area contributed by atoms with Gasteiger partial charge in [0.25, 0.3) is 0 Å². The molecule has 16 heavy (non-hydrogen) atoms. The molecule has 0 saturated carbocycles. The van der Waals surface area contributed by atoms with Crippen LogP contribution >= 0.6 is 0 Å². The molecule has 2 rings (SSSR count). The molecular formula is C12H12N2O2. The number of carboxylic acids is 1. The first-order valence-corrected chi connectivity index (χ1v) is 5.02. The van der Waals surface area contributed by atoms with Crippen LogP contribution in [-0.2, 0) is 11.2 Å². The van der Waals surface area contributed by atoms with Crippen LogP contribution in [0.5, 0.6) is 0 Å². The van der Waals surface area contributed by atoms with Crippen molar-refractivity contribution in [3.05, 3.63) is 35.3 Å². The summed E-state index contributed by atoms with van der Waals surface area (Å²) < 4.78 is 0. The number of aliphatic carboxylic acids is 1. The van der Waals surface area contributed by atoms with Gasteiger partial charge in [0.05, 0.1) is 17.6 Å². The molecule has 1 N–H and O–H groups in total. The molecule has 4 nitrogen and oxygen atoms in total. The molecule has 0 saturated heterocycles. The lowest BCUT2D eigenvalue weighted by Gasteiger charge is -2.05. The molecule has 0 aliphatic heterocycles. The zero-order valence-corrected chi connectivity index (χ0v) is 9.19. The highest BCUT2D eigenvalue weighted by Crippen LogP contribution is 2.18. The van der Waals surface area contributed by atoms with Gasteiger partial charge in [0.1, 0.15) is 5.82 Å². The molecule has 1 aromatic heterocycles. The SMILES string of the molecule is Cc1ccc2nc(C)nc(CC(=O)O)c2c1. The Balaban J connectivity index is 2.69. The van der Waals surface area contributed by atoms with Gasteiger partial charge in [-0.2, -0.15) is 0 Å². The van der Waals surface area contributed by atoms with Crippen molar-refractivity contribution in [3.63, 3.8) is 0 Å². The van der Waals surface area contributed by atoms with E-state index < -0.39 is 5.97 Å². The van der Waals surface area contributed by atoms with Crippen LogP contribution in [0.4, 0.5) is 0 Å². The Hall–Kier alpha value is -1.97. The van der Waals surface area contributed by atoms with Gasteiger partial charge in [0.2, 0.25) is 0 Å². The Morgan fingerprint density at radius 2 is 2.06 bits per heavy atom. The second-order valence-corrected chi connectivity index (χ2v) is 3.81. The molecule has 0 aliphatic rings. The van der Waals surface area contributed by atoms with Gasteiger partial charge in [-0.3, -0.25) is 4.79 Å². The van der Waals surface area contributed by atoms with Crippen molar-refractivity contribution in [2.45, 2.75) is 20.3 Å². The maximum Gasteiger partial charge on any atom is 0.309 e. The van der Waals surface area contributed by atoms with Gasteiger partial charge in [-0.05, 0) is 26.0 Å². The second kappa shape index (κ2) is 3.89. The number of carbonyl (C=O) groups is 1. The smallest absolute Gasteiger partial charge is 0.309 e. The molecule has 82 valence electrons. The number of hydrogen-bond acceptors (Lipinski definition) is 3. The summed E-state index contributed by atoms with van der Waals surface area (Å²) in [7, 11) is 0. The third-order valence-electron chi connectivity index (χ3n) is 2.36. The second-order valence-electron chi connectivity index (χ2n) is 3.81. The molecule has 1 aromatic carbocycles. The quantitative estimate of drug-likeness (QED) is 0.832. The number of hydrogen-bond donors (Lipinski definition) is 1. The van der Waals surface area contributed by atoms with Gasteiger partial charge in [0, 0.05) is 5.39 Å². The van der Waals surface area contributed by atoms with Gasteiger partial charge < -0.3 is 5.11 Å². The highest BCUT2D eigenvalue weighted by Gasteiger charge is 2.09. The fourth-order valence-corrected chi connectivity index (χ4v) is 1.71. The van der Waals surface area contributed by atoms with Crippen LogP contribution in [0.2, 0.25) is 0 Å². The number of aromatic nitrogens is 2. The number of benzene rings is 1. The summed E-state index contributed by atoms with van der Waals surface area (Å²) in [6, 6.07) is 5.77. The minimum atomic E-state index is -0.874. The first-order chi connectivity index (χ1) is 7.56. The summed E-state index contributed by atoms with van der Waals surface area (Å²) in [6.07, 6.45) is -0.0662. The maximum absolute atomic E-state index is 10.7. The molecule has 1 heterocycles. The highest BCUT2D eigenvalue weighted by atomic mass is 16.4. The van der Waals surface area contributed by atoms with Crippen LogP contribution in [-0.4, -0.2) is 21.0 Å². The molecule has 0 atom stereocenters. The van der Waals surface area contributed by atoms with Crippen LogP contribution in [0.1, 0.15) is 17.1 Å². The molecule has 4 heteroatoms. The summed E-state index contributed by atoms with van der Waals surface area (Å²) in [5.41, 5.74) is 2.46. The molecule has 0 aliphatic carbocycles. The van der Waals surface area contributed by atoms with E-state index in [0.29, 0.717) is 11.5 Å². The average molecular weight is 216 g/mol. The van der Waals surface area contributed by atoms with Gasteiger partial charge >= 0.3 is 5.97 Å². The van der Waals surface area contributed by atoms with Crippen molar-refractivity contribution >= 4 is 16.9 Å². The average Bonchev–Trinajstić information content (AvgIpc) is 2.18. The Bertz CT molecular complexity index is 564. The van der Waals surface area contributed by atoms with Crippen molar-refractivity contribution in [2.75, 3.05) is 0 Å². The predicted octanol–water partition coefficient (Wildman–Crippen LogP) is 1.87. The van der Waals surface area contributed by atoms with E-state index in [0.717, 1.165) is 16.5 Å². The monoisotopic (exact) mass is 216 g/mol. The van der Waals surface area contributed by atoms with E-state index in [2.05, 4.69) is 9.97 Å². The summed E-state index contributed by atoms with van der Waals surface area (Å²) >= 11 is 0. The zero-order valence-electron chi connectivity index (χ0n) is 9.19. The van der Waals surface area contributed by atoms with Crippen molar-refractivity contribution in [3.8, 4) is 0 Å². The van der Waals surface area contributed by atoms with Gasteiger partial charge in [-0.25, -0.2) is 9.97 Å². The maximum atomic E-state index is 10.7. The first-order valence-electron chi connectivity index (χ1n) is 5.02. The fourth-order valence-electron chi connectivity index (χ4n) is 1.71. The molecule has 0 bridgehead atoms. The molecule has 0 unspecified atom stereocenters. The Kier molecular flexibility index (Phi) is 2.56. The highest BCUT2D eigenvalue weighted by molar-refractivity contribution is 5.85. The Morgan fingerprint density at radius 1 is 1.31 bits per heavy atom. The van der Waals surface area contributed by atoms with Crippen molar-refractivity contribution in [1.29, 1.82) is 0 Å². The van der Waals surface area contributed by atoms with E-state index in [4.69, 9.17) is 5.11 Å². The van der Waals surface area contributed by atoms with E-state index in [1.165, 1.54) is 0 Å². The third-order valence-corrected chi connectivity index (χ3v) is 2.36. The lowest BCUT2D eigenvalue weighted by atomic mass is 10.1. The van der Waals surface area contributed by atoms with Crippen LogP contribution < -0.4 is 0 Å². The Morgan fingerprint density at radius 3 is 2.75 bits per heavy atom. The van der Waals surface area contributed by atoms with E-state index in [1.807, 2.05) is 25.1 Å². The van der Waals surface area contributed by atoms with Crippen molar-refractivity contribution < 1.29 is 9.90 Å². The number of fused-ring (bicyclic) bond motifs is 1. The fraction of sp³-hybridized carbons (Fsp3) is 0.250. The topological polar surface area (TPSA) is 63.1 Å². The van der Waals surface area contributed by atoms with E-state index in [-0.39, 0.29) is 6.42 Å². The summed E-state index contributed by atoms with van der Waals surface area (Å²) in [5.74, 6) is -0.270. The molecule has 2 aromatic rings. The van der Waals surface area contributed by atoms with E-state index in [1.54, 1.807) is 6.92 Å². The van der Waals surface area contributed by atoms with Crippen LogP contribution in [0.3, 0.4) is 0 Å². The van der Waals surface area contributed by atoms with Gasteiger partial charge in [0.15, 0.2) is 0 Å². The third kappa shape index (κ3) is 2.00. The molecule has 0 fully saturated rings. The lowest BCUT2D eigenvalue weighted by molar-refractivity contribution is -0.136. The molecular weight excluding hydrogens is 204 g/mol. The molecule has 0 spiro atoms. The normalized spacial score (nSPS) is 10.6. The summed E-state index contributed by atoms with van der Waals surface area (Å²) in [4.78, 5) is 19.2. The minimum absolute atomic E-state index is 0.0662. The van der Waals surface area contributed by atoms with Crippen LogP contribution in [0.25, 0.3) is 10.9 Å². The van der Waals surface area contributed by atoms with Gasteiger partial charge in [-0.15, -0.1) is 0 Å². The zero-order chi connectivity index (χ0) is 11.7. The Labute approximate surface area is 93.0 Å². The molecule has 0 radical (unpaired) electrons. The number of rotatable bonds is 2. The standard InChI is InChI=1S/C12H12N2O2/c1-7-3-4-10-9(5-7)11(6-12(15)16)14-8(2)13-10/h3-5H,6H2,1-2H3,(H,15,16).